The summed E-state index contributed by atoms with van der Waals surface area (Å²) in [5.74, 6) is 0. The number of rotatable bonds is 2. The van der Waals surface area contributed by atoms with Crippen LogP contribution in [0.5, 0.6) is 0 Å². The third kappa shape index (κ3) is 2.75. The minimum atomic E-state index is -3.49. The third-order valence-electron chi connectivity index (χ3n) is 3.06. The molecule has 1 aromatic heterocycles. The van der Waals surface area contributed by atoms with E-state index in [9.17, 15) is 8.42 Å². The second-order valence-corrected chi connectivity index (χ2v) is 7.98. The van der Waals surface area contributed by atoms with Crippen molar-refractivity contribution in [2.24, 2.45) is 0 Å². The van der Waals surface area contributed by atoms with E-state index in [-0.39, 0.29) is 27.7 Å². The Hall–Kier alpha value is -1.30. The molecule has 0 aromatic carbocycles. The summed E-state index contributed by atoms with van der Waals surface area (Å²) in [6.45, 7) is 5.03. The van der Waals surface area contributed by atoms with E-state index in [2.05, 4.69) is 0 Å². The van der Waals surface area contributed by atoms with E-state index < -0.39 is 9.84 Å². The van der Waals surface area contributed by atoms with Crippen LogP contribution in [0.15, 0.2) is 4.90 Å². The molecule has 1 aliphatic rings. The van der Waals surface area contributed by atoms with Crippen molar-refractivity contribution in [2.75, 3.05) is 30.0 Å². The average Bonchev–Trinajstić information content (AvgIpc) is 2.64. The highest BCUT2D eigenvalue weighted by Crippen LogP contribution is 2.41. The first-order valence-corrected chi connectivity index (χ1v) is 8.87. The number of nitriles is 1. The van der Waals surface area contributed by atoms with Gasteiger partial charge in [-0.25, -0.2) is 8.42 Å². The highest BCUT2D eigenvalue weighted by Gasteiger charge is 2.31. The molecule has 20 heavy (non-hydrogen) atoms. The SMILES string of the molecule is CC1CN(c2sc(C#N)c(N)c2S(C)(=O)=O)CC(C)O1. The van der Waals surface area contributed by atoms with Gasteiger partial charge in [-0.3, -0.25) is 0 Å². The van der Waals surface area contributed by atoms with Crippen LogP contribution in [0.1, 0.15) is 18.7 Å². The van der Waals surface area contributed by atoms with Crippen LogP contribution < -0.4 is 10.6 Å². The number of hydrogen-bond acceptors (Lipinski definition) is 7. The smallest absolute Gasteiger partial charge is 0.180 e. The predicted octanol–water partition coefficient (Wildman–Crippen LogP) is 1.22. The van der Waals surface area contributed by atoms with Gasteiger partial charge in [-0.15, -0.1) is 11.3 Å². The Kier molecular flexibility index (Phi) is 3.95. The summed E-state index contributed by atoms with van der Waals surface area (Å²) in [6, 6.07) is 1.96. The van der Waals surface area contributed by atoms with Gasteiger partial charge in [0.05, 0.1) is 17.9 Å². The van der Waals surface area contributed by atoms with Gasteiger partial charge >= 0.3 is 0 Å². The predicted molar refractivity (Wildman–Crippen MR) is 78.8 cm³/mol. The fourth-order valence-corrected chi connectivity index (χ4v) is 4.93. The molecule has 0 spiro atoms. The summed E-state index contributed by atoms with van der Waals surface area (Å²) >= 11 is 1.13. The summed E-state index contributed by atoms with van der Waals surface area (Å²) in [5, 5.41) is 9.61. The Bertz CT molecular complexity index is 650. The zero-order chi connectivity index (χ0) is 15.1. The van der Waals surface area contributed by atoms with Crippen molar-refractivity contribution in [3.05, 3.63) is 4.88 Å². The molecule has 2 N–H and O–H groups in total. The van der Waals surface area contributed by atoms with Gasteiger partial charge in [0.2, 0.25) is 0 Å². The van der Waals surface area contributed by atoms with Crippen LogP contribution >= 0.6 is 11.3 Å². The molecule has 2 rings (SSSR count). The molecular formula is C12H17N3O3S2. The Morgan fingerprint density at radius 3 is 2.40 bits per heavy atom. The number of sulfone groups is 1. The lowest BCUT2D eigenvalue weighted by Crippen LogP contribution is -2.45. The first kappa shape index (κ1) is 15.1. The van der Waals surface area contributed by atoms with E-state index in [4.69, 9.17) is 15.7 Å². The zero-order valence-electron chi connectivity index (χ0n) is 11.6. The first-order valence-electron chi connectivity index (χ1n) is 6.16. The molecule has 2 atom stereocenters. The summed E-state index contributed by atoms with van der Waals surface area (Å²) < 4.78 is 29.6. The van der Waals surface area contributed by atoms with Crippen molar-refractivity contribution in [3.63, 3.8) is 0 Å². The molecule has 1 aromatic rings. The van der Waals surface area contributed by atoms with Gasteiger partial charge in [-0.05, 0) is 13.8 Å². The maximum absolute atomic E-state index is 12.0. The van der Waals surface area contributed by atoms with Crippen molar-refractivity contribution >= 4 is 31.9 Å². The van der Waals surface area contributed by atoms with Crippen molar-refractivity contribution in [3.8, 4) is 6.07 Å². The standard InChI is InChI=1S/C12H17N3O3S2/c1-7-5-15(6-8(2)18-7)12-11(20(3,16)17)10(14)9(4-13)19-12/h7-8H,5-6,14H2,1-3H3. The van der Waals surface area contributed by atoms with Gasteiger partial charge in [0.25, 0.3) is 0 Å². The minimum Gasteiger partial charge on any atom is -0.396 e. The summed E-state index contributed by atoms with van der Waals surface area (Å²) in [4.78, 5) is 2.25. The number of nitrogens with zero attached hydrogens (tertiary/aromatic N) is 2. The Balaban J connectivity index is 2.54. The van der Waals surface area contributed by atoms with Crippen LogP contribution in [0.2, 0.25) is 0 Å². The Labute approximate surface area is 122 Å². The highest BCUT2D eigenvalue weighted by atomic mass is 32.2. The lowest BCUT2D eigenvalue weighted by molar-refractivity contribution is -0.00514. The van der Waals surface area contributed by atoms with Crippen molar-refractivity contribution in [1.29, 1.82) is 5.26 Å². The molecule has 1 aliphatic heterocycles. The van der Waals surface area contributed by atoms with E-state index in [0.29, 0.717) is 18.1 Å². The number of nitrogen functional groups attached to an aromatic ring is 1. The molecule has 0 saturated carbocycles. The average molecular weight is 315 g/mol. The topological polar surface area (TPSA) is 96.4 Å². The minimum absolute atomic E-state index is 0.0000189. The number of anilines is 2. The molecule has 110 valence electrons. The normalized spacial score (nSPS) is 23.6. The molecule has 0 amide bonds. The number of ether oxygens (including phenoxy) is 1. The van der Waals surface area contributed by atoms with Crippen LogP contribution in [0.25, 0.3) is 0 Å². The second-order valence-electron chi connectivity index (χ2n) is 5.03. The van der Waals surface area contributed by atoms with Gasteiger partial charge in [-0.1, -0.05) is 0 Å². The van der Waals surface area contributed by atoms with Crippen LogP contribution in [0.3, 0.4) is 0 Å². The highest BCUT2D eigenvalue weighted by molar-refractivity contribution is 7.91. The van der Waals surface area contributed by atoms with Gasteiger partial charge in [0.15, 0.2) is 9.84 Å². The molecule has 6 nitrogen and oxygen atoms in total. The van der Waals surface area contributed by atoms with Crippen LogP contribution in [-0.4, -0.2) is 40.0 Å². The molecule has 1 saturated heterocycles. The molecule has 0 bridgehead atoms. The molecule has 2 heterocycles. The van der Waals surface area contributed by atoms with E-state index in [0.717, 1.165) is 17.6 Å². The number of morpholine rings is 1. The second kappa shape index (κ2) is 5.24. The molecule has 8 heteroatoms. The monoisotopic (exact) mass is 315 g/mol. The van der Waals surface area contributed by atoms with Gasteiger partial charge in [0.1, 0.15) is 20.8 Å². The van der Waals surface area contributed by atoms with Crippen molar-refractivity contribution in [1.82, 2.24) is 0 Å². The lowest BCUT2D eigenvalue weighted by atomic mass is 10.2. The fourth-order valence-electron chi connectivity index (χ4n) is 2.41. The maximum Gasteiger partial charge on any atom is 0.180 e. The van der Waals surface area contributed by atoms with E-state index >= 15 is 0 Å². The Morgan fingerprint density at radius 2 is 1.95 bits per heavy atom. The number of nitrogens with two attached hydrogens (primary N) is 1. The molecule has 1 fully saturated rings. The summed E-state index contributed by atoms with van der Waals surface area (Å²) in [6.07, 6.45) is 1.11. The molecular weight excluding hydrogens is 298 g/mol. The fraction of sp³-hybridized carbons (Fsp3) is 0.583. The largest absolute Gasteiger partial charge is 0.396 e. The maximum atomic E-state index is 12.0. The van der Waals surface area contributed by atoms with Crippen LogP contribution in [0, 0.1) is 11.3 Å². The third-order valence-corrected chi connectivity index (χ3v) is 5.52. The van der Waals surface area contributed by atoms with Crippen LogP contribution in [-0.2, 0) is 14.6 Å². The number of hydrogen-bond donors (Lipinski definition) is 1. The van der Waals surface area contributed by atoms with Crippen LogP contribution in [0.4, 0.5) is 10.7 Å². The Morgan fingerprint density at radius 1 is 1.40 bits per heavy atom. The quantitative estimate of drug-likeness (QED) is 0.881. The van der Waals surface area contributed by atoms with Gasteiger partial charge in [0, 0.05) is 19.3 Å². The molecule has 0 aliphatic carbocycles. The molecule has 2 unspecified atom stereocenters. The van der Waals surface area contributed by atoms with E-state index in [1.54, 1.807) is 0 Å². The molecule has 0 radical (unpaired) electrons. The first-order chi connectivity index (χ1) is 9.24. The summed E-state index contributed by atoms with van der Waals surface area (Å²) in [7, 11) is -3.49. The van der Waals surface area contributed by atoms with Gasteiger partial charge < -0.3 is 15.4 Å². The van der Waals surface area contributed by atoms with Crippen molar-refractivity contribution in [2.45, 2.75) is 31.0 Å². The van der Waals surface area contributed by atoms with E-state index in [1.807, 2.05) is 24.8 Å². The summed E-state index contributed by atoms with van der Waals surface area (Å²) in [5.41, 5.74) is 5.88. The van der Waals surface area contributed by atoms with Crippen molar-refractivity contribution < 1.29 is 13.2 Å². The number of thiophene rings is 1. The lowest BCUT2D eigenvalue weighted by Gasteiger charge is -2.36. The van der Waals surface area contributed by atoms with Gasteiger partial charge in [-0.2, -0.15) is 5.26 Å². The van der Waals surface area contributed by atoms with E-state index in [1.165, 1.54) is 0 Å². The zero-order valence-corrected chi connectivity index (χ0v) is 13.2.